The first kappa shape index (κ1) is 15.5. The number of amides is 1. The maximum Gasteiger partial charge on any atom is 0.257 e. The molecular formula is C16H12ClN3O2S. The molecule has 0 saturated heterocycles. The second-order valence-corrected chi connectivity index (χ2v) is 5.80. The summed E-state index contributed by atoms with van der Waals surface area (Å²) in [6.07, 6.45) is 0. The molecule has 3 rings (SSSR count). The first-order valence-electron chi connectivity index (χ1n) is 6.71. The zero-order valence-electron chi connectivity index (χ0n) is 12.1. The van der Waals surface area contributed by atoms with E-state index in [-0.39, 0.29) is 5.91 Å². The van der Waals surface area contributed by atoms with Gasteiger partial charge >= 0.3 is 0 Å². The van der Waals surface area contributed by atoms with Gasteiger partial charge in [-0.05, 0) is 48.5 Å². The van der Waals surface area contributed by atoms with Gasteiger partial charge in [-0.15, -0.1) is 0 Å². The summed E-state index contributed by atoms with van der Waals surface area (Å²) in [5.74, 6) is 1.07. The van der Waals surface area contributed by atoms with Crippen molar-refractivity contribution in [2.24, 2.45) is 0 Å². The Morgan fingerprint density at radius 2 is 1.83 bits per heavy atom. The van der Waals surface area contributed by atoms with Crippen LogP contribution in [0.4, 0.5) is 5.13 Å². The number of halogens is 1. The highest BCUT2D eigenvalue weighted by Crippen LogP contribution is 2.23. The van der Waals surface area contributed by atoms with Gasteiger partial charge in [-0.1, -0.05) is 11.6 Å². The average Bonchev–Trinajstić information content (AvgIpc) is 3.04. The van der Waals surface area contributed by atoms with E-state index in [9.17, 15) is 4.79 Å². The van der Waals surface area contributed by atoms with Crippen molar-refractivity contribution < 1.29 is 9.53 Å². The smallest absolute Gasteiger partial charge is 0.257 e. The van der Waals surface area contributed by atoms with E-state index < -0.39 is 0 Å². The second kappa shape index (κ2) is 6.76. The van der Waals surface area contributed by atoms with Gasteiger partial charge < -0.3 is 4.74 Å². The number of hydrogen-bond acceptors (Lipinski definition) is 5. The molecule has 0 bridgehead atoms. The largest absolute Gasteiger partial charge is 0.497 e. The van der Waals surface area contributed by atoms with E-state index >= 15 is 0 Å². The summed E-state index contributed by atoms with van der Waals surface area (Å²) in [6, 6.07) is 14.0. The molecule has 0 saturated carbocycles. The maximum atomic E-state index is 12.1. The van der Waals surface area contributed by atoms with Crippen LogP contribution in [0.25, 0.3) is 11.4 Å². The van der Waals surface area contributed by atoms with Gasteiger partial charge in [0.1, 0.15) is 5.75 Å². The number of carbonyl (C=O) groups is 1. The van der Waals surface area contributed by atoms with Crippen LogP contribution >= 0.6 is 23.1 Å². The van der Waals surface area contributed by atoms with E-state index in [4.69, 9.17) is 16.3 Å². The molecule has 23 heavy (non-hydrogen) atoms. The topological polar surface area (TPSA) is 64.1 Å². The highest BCUT2D eigenvalue weighted by Gasteiger charge is 2.11. The molecule has 116 valence electrons. The molecule has 5 nitrogen and oxygen atoms in total. The SMILES string of the molecule is COc1ccc(-c2nsc(NC(=O)c3ccc(Cl)cc3)n2)cc1. The predicted octanol–water partition coefficient (Wildman–Crippen LogP) is 4.12. The van der Waals surface area contributed by atoms with E-state index in [1.165, 1.54) is 0 Å². The van der Waals surface area contributed by atoms with Crippen LogP contribution in [0.3, 0.4) is 0 Å². The fourth-order valence-corrected chi connectivity index (χ4v) is 2.61. The number of hydrogen-bond donors (Lipinski definition) is 1. The van der Waals surface area contributed by atoms with Crippen molar-refractivity contribution in [2.75, 3.05) is 12.4 Å². The quantitative estimate of drug-likeness (QED) is 0.772. The number of carbonyl (C=O) groups excluding carboxylic acids is 1. The zero-order valence-corrected chi connectivity index (χ0v) is 13.7. The Balaban J connectivity index is 1.73. The van der Waals surface area contributed by atoms with Crippen LogP contribution in [0.5, 0.6) is 5.75 Å². The van der Waals surface area contributed by atoms with Gasteiger partial charge in [0, 0.05) is 27.7 Å². The van der Waals surface area contributed by atoms with Crippen LogP contribution in [0, 0.1) is 0 Å². The van der Waals surface area contributed by atoms with Crippen molar-refractivity contribution in [3.63, 3.8) is 0 Å². The summed E-state index contributed by atoms with van der Waals surface area (Å²) >= 11 is 6.94. The van der Waals surface area contributed by atoms with E-state index in [1.54, 1.807) is 31.4 Å². The number of aromatic nitrogens is 2. The number of nitrogens with one attached hydrogen (secondary N) is 1. The number of anilines is 1. The summed E-state index contributed by atoms with van der Waals surface area (Å²) < 4.78 is 9.37. The number of rotatable bonds is 4. The first-order valence-corrected chi connectivity index (χ1v) is 7.86. The lowest BCUT2D eigenvalue weighted by molar-refractivity contribution is 0.102. The summed E-state index contributed by atoms with van der Waals surface area (Å²) in [5.41, 5.74) is 1.37. The van der Waals surface area contributed by atoms with Crippen LogP contribution in [0.15, 0.2) is 48.5 Å². The molecule has 1 heterocycles. The van der Waals surface area contributed by atoms with Gasteiger partial charge in [0.05, 0.1) is 7.11 Å². The highest BCUT2D eigenvalue weighted by atomic mass is 35.5. The monoisotopic (exact) mass is 345 g/mol. The molecule has 0 unspecified atom stereocenters. The van der Waals surface area contributed by atoms with Gasteiger partial charge in [0.15, 0.2) is 5.82 Å². The van der Waals surface area contributed by atoms with Gasteiger partial charge in [-0.25, -0.2) is 0 Å². The molecule has 0 aliphatic rings. The minimum Gasteiger partial charge on any atom is -0.497 e. The standard InChI is InChI=1S/C16H12ClN3O2S/c1-22-13-8-4-10(5-9-13)14-18-16(23-20-14)19-15(21)11-2-6-12(17)7-3-11/h2-9H,1H3,(H,18,19,20,21). The van der Waals surface area contributed by atoms with Gasteiger partial charge in [-0.3, -0.25) is 10.1 Å². The Bertz CT molecular complexity index is 816. The third-order valence-electron chi connectivity index (χ3n) is 3.10. The van der Waals surface area contributed by atoms with Crippen molar-refractivity contribution in [2.45, 2.75) is 0 Å². The summed E-state index contributed by atoms with van der Waals surface area (Å²) in [7, 11) is 1.61. The summed E-state index contributed by atoms with van der Waals surface area (Å²) in [5, 5.41) is 3.75. The summed E-state index contributed by atoms with van der Waals surface area (Å²) in [4.78, 5) is 16.5. The van der Waals surface area contributed by atoms with Gasteiger partial charge in [0.2, 0.25) is 5.13 Å². The fourth-order valence-electron chi connectivity index (χ4n) is 1.90. The van der Waals surface area contributed by atoms with Crippen molar-refractivity contribution in [3.05, 3.63) is 59.1 Å². The molecule has 0 spiro atoms. The maximum absolute atomic E-state index is 12.1. The van der Waals surface area contributed by atoms with Gasteiger partial charge in [-0.2, -0.15) is 9.36 Å². The molecule has 0 fully saturated rings. The minimum atomic E-state index is -0.251. The molecule has 3 aromatic rings. The van der Waals surface area contributed by atoms with Crippen molar-refractivity contribution >= 4 is 34.2 Å². The lowest BCUT2D eigenvalue weighted by Crippen LogP contribution is -2.11. The number of methoxy groups -OCH3 is 1. The lowest BCUT2D eigenvalue weighted by atomic mass is 10.2. The third kappa shape index (κ3) is 3.67. The molecular weight excluding hydrogens is 334 g/mol. The van der Waals surface area contributed by atoms with Crippen molar-refractivity contribution in [3.8, 4) is 17.1 Å². The number of ether oxygens (including phenoxy) is 1. The number of benzene rings is 2. The minimum absolute atomic E-state index is 0.251. The normalized spacial score (nSPS) is 10.3. The molecule has 0 atom stereocenters. The molecule has 7 heteroatoms. The van der Waals surface area contributed by atoms with E-state index in [0.717, 1.165) is 22.8 Å². The van der Waals surface area contributed by atoms with E-state index in [2.05, 4.69) is 14.7 Å². The zero-order chi connectivity index (χ0) is 16.2. The Labute approximate surface area is 142 Å². The second-order valence-electron chi connectivity index (χ2n) is 4.61. The first-order chi connectivity index (χ1) is 11.2. The van der Waals surface area contributed by atoms with E-state index in [0.29, 0.717) is 21.5 Å². The van der Waals surface area contributed by atoms with Crippen LogP contribution < -0.4 is 10.1 Å². The van der Waals surface area contributed by atoms with Gasteiger partial charge in [0.25, 0.3) is 5.91 Å². The molecule has 2 aromatic carbocycles. The van der Waals surface area contributed by atoms with Crippen LogP contribution in [-0.2, 0) is 0 Å². The molecule has 0 radical (unpaired) electrons. The van der Waals surface area contributed by atoms with Crippen molar-refractivity contribution in [1.82, 2.24) is 9.36 Å². The molecule has 0 aliphatic carbocycles. The van der Waals surface area contributed by atoms with Crippen LogP contribution in [0.2, 0.25) is 5.02 Å². The predicted molar refractivity (Wildman–Crippen MR) is 91.3 cm³/mol. The Kier molecular flexibility index (Phi) is 4.55. The Hall–Kier alpha value is -2.44. The number of nitrogens with zero attached hydrogens (tertiary/aromatic N) is 2. The average molecular weight is 346 g/mol. The Morgan fingerprint density at radius 1 is 1.13 bits per heavy atom. The van der Waals surface area contributed by atoms with Crippen LogP contribution in [0.1, 0.15) is 10.4 Å². The molecule has 1 N–H and O–H groups in total. The lowest BCUT2D eigenvalue weighted by Gasteiger charge is -2.01. The molecule has 1 aromatic heterocycles. The van der Waals surface area contributed by atoms with Crippen molar-refractivity contribution in [1.29, 1.82) is 0 Å². The van der Waals surface area contributed by atoms with Crippen LogP contribution in [-0.4, -0.2) is 22.4 Å². The molecule has 0 aliphatic heterocycles. The highest BCUT2D eigenvalue weighted by molar-refractivity contribution is 7.10. The fraction of sp³-hybridized carbons (Fsp3) is 0.0625. The van der Waals surface area contributed by atoms with E-state index in [1.807, 2.05) is 24.3 Å². The Morgan fingerprint density at radius 3 is 2.48 bits per heavy atom. The third-order valence-corrected chi connectivity index (χ3v) is 3.98. The summed E-state index contributed by atoms with van der Waals surface area (Å²) in [6.45, 7) is 0. The molecule has 1 amide bonds.